The molecule has 0 heterocycles. The van der Waals surface area contributed by atoms with Crippen LogP contribution in [0.15, 0.2) is 48.5 Å². The van der Waals surface area contributed by atoms with Crippen molar-refractivity contribution in [2.24, 2.45) is 0 Å². The first-order valence-electron chi connectivity index (χ1n) is 7.80. The van der Waals surface area contributed by atoms with Crippen molar-refractivity contribution in [2.75, 3.05) is 0 Å². The first kappa shape index (κ1) is 19.8. The number of halogens is 2. The molecule has 2 rings (SSSR count). The normalized spacial score (nSPS) is 10.1. The van der Waals surface area contributed by atoms with Gasteiger partial charge < -0.3 is 5.32 Å². The van der Waals surface area contributed by atoms with E-state index in [1.807, 2.05) is 30.3 Å². The molecule has 0 aliphatic heterocycles. The minimum absolute atomic E-state index is 0.0114. The van der Waals surface area contributed by atoms with Crippen molar-refractivity contribution in [1.29, 1.82) is 0 Å². The predicted octanol–water partition coefficient (Wildman–Crippen LogP) is 2.85. The van der Waals surface area contributed by atoms with Crippen LogP contribution in [0.1, 0.15) is 28.8 Å². The summed E-state index contributed by atoms with van der Waals surface area (Å²) in [7, 11) is 0. The van der Waals surface area contributed by atoms with Gasteiger partial charge in [-0.3, -0.25) is 25.2 Å². The van der Waals surface area contributed by atoms with Gasteiger partial charge in [-0.25, -0.2) is 0 Å². The van der Waals surface area contributed by atoms with E-state index in [-0.39, 0.29) is 24.3 Å². The van der Waals surface area contributed by atoms with Gasteiger partial charge in [0, 0.05) is 35.0 Å². The molecule has 2 aromatic carbocycles. The first-order chi connectivity index (χ1) is 12.4. The maximum Gasteiger partial charge on any atom is 0.269 e. The van der Waals surface area contributed by atoms with Gasteiger partial charge in [-0.2, -0.15) is 0 Å². The topological polar surface area (TPSA) is 87.3 Å². The van der Waals surface area contributed by atoms with E-state index in [0.29, 0.717) is 16.6 Å². The van der Waals surface area contributed by atoms with Crippen molar-refractivity contribution < 1.29 is 14.4 Å². The second kappa shape index (κ2) is 9.79. The van der Waals surface area contributed by atoms with Crippen LogP contribution in [0, 0.1) is 0 Å². The van der Waals surface area contributed by atoms with E-state index in [9.17, 15) is 14.4 Å². The van der Waals surface area contributed by atoms with Gasteiger partial charge in [0.1, 0.15) is 0 Å². The Morgan fingerprint density at radius 3 is 2.08 bits per heavy atom. The summed E-state index contributed by atoms with van der Waals surface area (Å²) >= 11 is 11.6. The highest BCUT2D eigenvalue weighted by Crippen LogP contribution is 2.18. The average Bonchev–Trinajstić information content (AvgIpc) is 2.62. The van der Waals surface area contributed by atoms with E-state index < -0.39 is 11.8 Å². The van der Waals surface area contributed by atoms with E-state index in [1.54, 1.807) is 0 Å². The number of hydrazine groups is 1. The molecule has 8 heteroatoms. The fourth-order valence-corrected chi connectivity index (χ4v) is 2.58. The molecule has 0 aliphatic rings. The minimum Gasteiger partial charge on any atom is -0.352 e. The van der Waals surface area contributed by atoms with Crippen LogP contribution in [-0.4, -0.2) is 17.7 Å². The van der Waals surface area contributed by atoms with Crippen LogP contribution in [0.3, 0.4) is 0 Å². The summed E-state index contributed by atoms with van der Waals surface area (Å²) in [5, 5.41) is 3.34. The number of hydrogen-bond acceptors (Lipinski definition) is 3. The van der Waals surface area contributed by atoms with Gasteiger partial charge in [0.25, 0.3) is 5.91 Å². The summed E-state index contributed by atoms with van der Waals surface area (Å²) in [6.07, 6.45) is -0.0469. The van der Waals surface area contributed by atoms with E-state index >= 15 is 0 Å². The maximum atomic E-state index is 11.9. The van der Waals surface area contributed by atoms with Crippen molar-refractivity contribution >= 4 is 40.9 Å². The SMILES string of the molecule is O=C(CCC(=O)NNC(=O)c1cc(Cl)cc(Cl)c1)NCc1ccccc1. The Kier molecular flexibility index (Phi) is 7.44. The van der Waals surface area contributed by atoms with Gasteiger partial charge in [0.05, 0.1) is 0 Å². The molecule has 0 aromatic heterocycles. The molecule has 0 unspecified atom stereocenters. The largest absolute Gasteiger partial charge is 0.352 e. The van der Waals surface area contributed by atoms with E-state index in [1.165, 1.54) is 18.2 Å². The third kappa shape index (κ3) is 6.74. The van der Waals surface area contributed by atoms with Crippen LogP contribution >= 0.6 is 23.2 Å². The highest BCUT2D eigenvalue weighted by molar-refractivity contribution is 6.35. The number of benzene rings is 2. The molecule has 26 heavy (non-hydrogen) atoms. The number of hydrogen-bond donors (Lipinski definition) is 3. The standard InChI is InChI=1S/C18H17Cl2N3O3/c19-14-8-13(9-15(20)10-14)18(26)23-22-17(25)7-6-16(24)21-11-12-4-2-1-3-5-12/h1-5,8-10H,6-7,11H2,(H,21,24)(H,22,25)(H,23,26). The highest BCUT2D eigenvalue weighted by atomic mass is 35.5. The molecule has 0 atom stereocenters. The molecular formula is C18H17Cl2N3O3. The quantitative estimate of drug-likeness (QED) is 0.659. The van der Waals surface area contributed by atoms with Crippen molar-refractivity contribution in [1.82, 2.24) is 16.2 Å². The van der Waals surface area contributed by atoms with Crippen LogP contribution in [0.5, 0.6) is 0 Å². The molecule has 0 saturated carbocycles. The van der Waals surface area contributed by atoms with Crippen molar-refractivity contribution in [3.8, 4) is 0 Å². The lowest BCUT2D eigenvalue weighted by Crippen LogP contribution is -2.42. The van der Waals surface area contributed by atoms with Gasteiger partial charge in [-0.1, -0.05) is 53.5 Å². The molecule has 6 nitrogen and oxygen atoms in total. The molecular weight excluding hydrogens is 377 g/mol. The Bertz CT molecular complexity index is 777. The Morgan fingerprint density at radius 2 is 1.42 bits per heavy atom. The summed E-state index contributed by atoms with van der Waals surface area (Å²) in [6.45, 7) is 0.396. The van der Waals surface area contributed by atoms with Gasteiger partial charge in [-0.15, -0.1) is 0 Å². The minimum atomic E-state index is -0.559. The van der Waals surface area contributed by atoms with E-state index in [4.69, 9.17) is 23.2 Å². The third-order valence-corrected chi connectivity index (χ3v) is 3.79. The average molecular weight is 394 g/mol. The second-order valence-corrected chi connectivity index (χ2v) is 6.30. The molecule has 0 radical (unpaired) electrons. The molecule has 136 valence electrons. The zero-order chi connectivity index (χ0) is 18.9. The molecule has 3 amide bonds. The number of nitrogens with one attached hydrogen (secondary N) is 3. The Hall–Kier alpha value is -2.57. The van der Waals surface area contributed by atoms with E-state index in [2.05, 4.69) is 16.2 Å². The van der Waals surface area contributed by atoms with Crippen LogP contribution in [0.2, 0.25) is 10.0 Å². The smallest absolute Gasteiger partial charge is 0.269 e. The number of carbonyl (C=O) groups is 3. The fraction of sp³-hybridized carbons (Fsp3) is 0.167. The van der Waals surface area contributed by atoms with Gasteiger partial charge in [0.15, 0.2) is 0 Å². The summed E-state index contributed by atoms with van der Waals surface area (Å²) in [5.74, 6) is -1.30. The maximum absolute atomic E-state index is 11.9. The summed E-state index contributed by atoms with van der Waals surface area (Å²) in [6, 6.07) is 13.8. The number of rotatable bonds is 6. The van der Waals surface area contributed by atoms with Crippen LogP contribution in [-0.2, 0) is 16.1 Å². The van der Waals surface area contributed by atoms with E-state index in [0.717, 1.165) is 5.56 Å². The predicted molar refractivity (Wildman–Crippen MR) is 99.6 cm³/mol. The lowest BCUT2D eigenvalue weighted by molar-refractivity contribution is -0.126. The summed E-state index contributed by atoms with van der Waals surface area (Å²) in [5.41, 5.74) is 5.67. The zero-order valence-corrected chi connectivity index (χ0v) is 15.2. The highest BCUT2D eigenvalue weighted by Gasteiger charge is 2.11. The summed E-state index contributed by atoms with van der Waals surface area (Å²) in [4.78, 5) is 35.4. The zero-order valence-electron chi connectivity index (χ0n) is 13.7. The molecule has 0 bridgehead atoms. The molecule has 0 spiro atoms. The van der Waals surface area contributed by atoms with Crippen LogP contribution in [0.4, 0.5) is 0 Å². The second-order valence-electron chi connectivity index (χ2n) is 5.42. The first-order valence-corrected chi connectivity index (χ1v) is 8.55. The Morgan fingerprint density at radius 1 is 0.808 bits per heavy atom. The van der Waals surface area contributed by atoms with Gasteiger partial charge in [-0.05, 0) is 23.8 Å². The fourth-order valence-electron chi connectivity index (χ4n) is 2.06. The van der Waals surface area contributed by atoms with Crippen molar-refractivity contribution in [3.05, 3.63) is 69.7 Å². The third-order valence-electron chi connectivity index (χ3n) is 3.35. The molecule has 2 aromatic rings. The lowest BCUT2D eigenvalue weighted by atomic mass is 10.2. The van der Waals surface area contributed by atoms with Crippen LogP contribution in [0.25, 0.3) is 0 Å². The molecule has 0 saturated heterocycles. The van der Waals surface area contributed by atoms with Crippen molar-refractivity contribution in [3.63, 3.8) is 0 Å². The summed E-state index contributed by atoms with van der Waals surface area (Å²) < 4.78 is 0. The van der Waals surface area contributed by atoms with Gasteiger partial charge in [0.2, 0.25) is 11.8 Å². The number of amides is 3. The van der Waals surface area contributed by atoms with Crippen LogP contribution < -0.4 is 16.2 Å². The molecule has 0 aliphatic carbocycles. The monoisotopic (exact) mass is 393 g/mol. The Balaban J connectivity index is 1.69. The van der Waals surface area contributed by atoms with Crippen molar-refractivity contribution in [2.45, 2.75) is 19.4 Å². The number of carbonyl (C=O) groups excluding carboxylic acids is 3. The molecule has 0 fully saturated rings. The Labute approximate surface area is 160 Å². The lowest BCUT2D eigenvalue weighted by Gasteiger charge is -2.08. The molecule has 3 N–H and O–H groups in total. The van der Waals surface area contributed by atoms with Gasteiger partial charge >= 0.3 is 0 Å².